The molecule has 1 heterocycles. The Morgan fingerprint density at radius 1 is 1.00 bits per heavy atom. The number of aromatic carboxylic acids is 1. The Balaban J connectivity index is 1.78. The Bertz CT molecular complexity index is 930. The van der Waals surface area contributed by atoms with Crippen molar-refractivity contribution in [2.75, 3.05) is 10.6 Å². The Kier molecular flexibility index (Phi) is 4.95. The van der Waals surface area contributed by atoms with Gasteiger partial charge in [-0.15, -0.1) is 0 Å². The number of benzene rings is 2. The van der Waals surface area contributed by atoms with E-state index in [1.807, 2.05) is 25.1 Å². The van der Waals surface area contributed by atoms with E-state index in [0.29, 0.717) is 17.3 Å². The Labute approximate surface area is 153 Å². The number of hydrogen-bond acceptors (Lipinski definition) is 5. The van der Waals surface area contributed by atoms with Crippen LogP contribution in [0.2, 0.25) is 0 Å². The third-order valence-corrected chi connectivity index (χ3v) is 4.37. The molecular weight excluding hydrogens is 384 g/mol. The first-order valence-corrected chi connectivity index (χ1v) is 8.26. The van der Waals surface area contributed by atoms with Gasteiger partial charge in [0.2, 0.25) is 0 Å². The molecule has 0 bridgehead atoms. The second-order valence-corrected chi connectivity index (χ2v) is 6.24. The van der Waals surface area contributed by atoms with Crippen LogP contribution in [0.5, 0.6) is 0 Å². The molecule has 0 amide bonds. The van der Waals surface area contributed by atoms with E-state index >= 15 is 0 Å². The molecule has 0 atom stereocenters. The van der Waals surface area contributed by atoms with Crippen molar-refractivity contribution in [1.29, 1.82) is 0 Å². The average molecular weight is 399 g/mol. The first-order valence-electron chi connectivity index (χ1n) is 7.47. The van der Waals surface area contributed by atoms with Gasteiger partial charge in [-0.3, -0.25) is 0 Å². The van der Waals surface area contributed by atoms with E-state index in [1.165, 1.54) is 12.4 Å². The molecule has 0 radical (unpaired) electrons. The van der Waals surface area contributed by atoms with Crippen LogP contribution in [0.1, 0.15) is 15.9 Å². The standard InChI is InChI=1S/C18H15BrN4O2/c1-11-7-14(5-6-15(11)19)23-17-9-16(20-10-21-17)22-13-4-2-3-12(8-13)18(24)25/h2-10H,1H3,(H,24,25)(H2,20,21,22,23). The molecule has 2 aromatic carbocycles. The minimum absolute atomic E-state index is 0.211. The highest BCUT2D eigenvalue weighted by atomic mass is 79.9. The van der Waals surface area contributed by atoms with Crippen LogP contribution in [0.25, 0.3) is 0 Å². The number of carboxylic acids is 1. The predicted molar refractivity (Wildman–Crippen MR) is 101 cm³/mol. The fourth-order valence-corrected chi connectivity index (χ4v) is 2.49. The van der Waals surface area contributed by atoms with Gasteiger partial charge in [-0.25, -0.2) is 14.8 Å². The first kappa shape index (κ1) is 16.9. The molecule has 7 heteroatoms. The number of nitrogens with zero attached hydrogens (tertiary/aromatic N) is 2. The lowest BCUT2D eigenvalue weighted by Gasteiger charge is -2.10. The summed E-state index contributed by atoms with van der Waals surface area (Å²) in [7, 11) is 0. The highest BCUT2D eigenvalue weighted by molar-refractivity contribution is 9.10. The largest absolute Gasteiger partial charge is 0.478 e. The van der Waals surface area contributed by atoms with Crippen molar-refractivity contribution in [3.05, 3.63) is 70.5 Å². The van der Waals surface area contributed by atoms with Crippen LogP contribution >= 0.6 is 15.9 Å². The van der Waals surface area contributed by atoms with Gasteiger partial charge in [0.05, 0.1) is 5.56 Å². The lowest BCUT2D eigenvalue weighted by atomic mass is 10.2. The monoisotopic (exact) mass is 398 g/mol. The molecule has 1 aromatic heterocycles. The van der Waals surface area contributed by atoms with Crippen LogP contribution in [0.3, 0.4) is 0 Å². The molecule has 126 valence electrons. The van der Waals surface area contributed by atoms with Crippen molar-refractivity contribution in [3.8, 4) is 0 Å². The molecule has 0 saturated heterocycles. The van der Waals surface area contributed by atoms with E-state index in [-0.39, 0.29) is 5.56 Å². The van der Waals surface area contributed by atoms with Crippen molar-refractivity contribution < 1.29 is 9.90 Å². The number of anilines is 4. The van der Waals surface area contributed by atoms with E-state index in [2.05, 4.69) is 36.5 Å². The van der Waals surface area contributed by atoms with Gasteiger partial charge in [0.25, 0.3) is 0 Å². The molecule has 0 spiro atoms. The van der Waals surface area contributed by atoms with Gasteiger partial charge < -0.3 is 15.7 Å². The zero-order chi connectivity index (χ0) is 17.8. The van der Waals surface area contributed by atoms with Gasteiger partial charge in [-0.05, 0) is 48.9 Å². The van der Waals surface area contributed by atoms with E-state index in [1.54, 1.807) is 24.3 Å². The summed E-state index contributed by atoms with van der Waals surface area (Å²) in [5.74, 6) is 0.224. The van der Waals surface area contributed by atoms with Gasteiger partial charge in [0.15, 0.2) is 0 Å². The van der Waals surface area contributed by atoms with Crippen LogP contribution in [-0.2, 0) is 0 Å². The maximum atomic E-state index is 11.0. The molecule has 0 unspecified atom stereocenters. The third kappa shape index (κ3) is 4.33. The van der Waals surface area contributed by atoms with Gasteiger partial charge in [0.1, 0.15) is 18.0 Å². The molecule has 6 nitrogen and oxygen atoms in total. The van der Waals surface area contributed by atoms with Crippen molar-refractivity contribution in [2.24, 2.45) is 0 Å². The first-order chi connectivity index (χ1) is 12.0. The highest BCUT2D eigenvalue weighted by Crippen LogP contribution is 2.23. The number of carbonyl (C=O) groups is 1. The number of aromatic nitrogens is 2. The maximum absolute atomic E-state index is 11.0. The second kappa shape index (κ2) is 7.31. The highest BCUT2D eigenvalue weighted by Gasteiger charge is 2.05. The Morgan fingerprint density at radius 3 is 2.32 bits per heavy atom. The molecule has 0 saturated carbocycles. The summed E-state index contributed by atoms with van der Waals surface area (Å²) in [6.45, 7) is 2.01. The van der Waals surface area contributed by atoms with Gasteiger partial charge in [-0.2, -0.15) is 0 Å². The molecule has 25 heavy (non-hydrogen) atoms. The molecule has 3 rings (SSSR count). The van der Waals surface area contributed by atoms with Crippen molar-refractivity contribution in [2.45, 2.75) is 6.92 Å². The van der Waals surface area contributed by atoms with Gasteiger partial charge >= 0.3 is 5.97 Å². The lowest BCUT2D eigenvalue weighted by Crippen LogP contribution is -2.00. The van der Waals surface area contributed by atoms with Crippen LogP contribution in [-0.4, -0.2) is 21.0 Å². The van der Waals surface area contributed by atoms with Crippen LogP contribution in [0.15, 0.2) is 59.3 Å². The summed E-state index contributed by atoms with van der Waals surface area (Å²) in [6, 6.07) is 14.2. The number of carboxylic acid groups (broad SMARTS) is 1. The molecule has 0 fully saturated rings. The van der Waals surface area contributed by atoms with Crippen molar-refractivity contribution in [1.82, 2.24) is 9.97 Å². The Morgan fingerprint density at radius 2 is 1.68 bits per heavy atom. The maximum Gasteiger partial charge on any atom is 0.335 e. The minimum atomic E-state index is -0.973. The van der Waals surface area contributed by atoms with E-state index in [9.17, 15) is 4.79 Å². The van der Waals surface area contributed by atoms with Crippen molar-refractivity contribution in [3.63, 3.8) is 0 Å². The topological polar surface area (TPSA) is 87.1 Å². The third-order valence-electron chi connectivity index (χ3n) is 3.48. The van der Waals surface area contributed by atoms with Gasteiger partial charge in [-0.1, -0.05) is 22.0 Å². The normalized spacial score (nSPS) is 10.3. The number of rotatable bonds is 5. The van der Waals surface area contributed by atoms with Crippen LogP contribution in [0.4, 0.5) is 23.0 Å². The van der Waals surface area contributed by atoms with E-state index < -0.39 is 5.97 Å². The van der Waals surface area contributed by atoms with E-state index in [0.717, 1.165) is 15.7 Å². The summed E-state index contributed by atoms with van der Waals surface area (Å²) in [5, 5.41) is 15.4. The zero-order valence-corrected chi connectivity index (χ0v) is 14.9. The lowest BCUT2D eigenvalue weighted by molar-refractivity contribution is 0.0697. The fraction of sp³-hybridized carbons (Fsp3) is 0.0556. The van der Waals surface area contributed by atoms with E-state index in [4.69, 9.17) is 5.11 Å². The molecule has 0 aliphatic rings. The molecular formula is C18H15BrN4O2. The van der Waals surface area contributed by atoms with Gasteiger partial charge in [0, 0.05) is 21.9 Å². The molecule has 0 aliphatic carbocycles. The summed E-state index contributed by atoms with van der Waals surface area (Å²) >= 11 is 3.47. The number of aryl methyl sites for hydroxylation is 1. The summed E-state index contributed by atoms with van der Waals surface area (Å²) < 4.78 is 1.04. The van der Waals surface area contributed by atoms with Crippen molar-refractivity contribution >= 4 is 44.9 Å². The number of hydrogen-bond donors (Lipinski definition) is 3. The molecule has 3 aromatic rings. The smallest absolute Gasteiger partial charge is 0.335 e. The second-order valence-electron chi connectivity index (χ2n) is 5.39. The number of halogens is 1. The summed E-state index contributed by atoms with van der Waals surface area (Å²) in [6.07, 6.45) is 1.44. The molecule has 3 N–H and O–H groups in total. The summed E-state index contributed by atoms with van der Waals surface area (Å²) in [5.41, 5.74) is 2.88. The van der Waals surface area contributed by atoms with Crippen LogP contribution in [0, 0.1) is 6.92 Å². The number of nitrogens with one attached hydrogen (secondary N) is 2. The SMILES string of the molecule is Cc1cc(Nc2cc(Nc3cccc(C(=O)O)c3)ncn2)ccc1Br. The average Bonchev–Trinajstić information content (AvgIpc) is 2.59. The fourth-order valence-electron chi connectivity index (χ4n) is 2.24. The summed E-state index contributed by atoms with van der Waals surface area (Å²) in [4.78, 5) is 19.4. The quantitative estimate of drug-likeness (QED) is 0.575. The zero-order valence-electron chi connectivity index (χ0n) is 13.3. The molecule has 0 aliphatic heterocycles. The Hall–Kier alpha value is -2.93. The minimum Gasteiger partial charge on any atom is -0.478 e. The van der Waals surface area contributed by atoms with Crippen LogP contribution < -0.4 is 10.6 Å². The predicted octanol–water partition coefficient (Wildman–Crippen LogP) is 4.73.